The first-order valence-corrected chi connectivity index (χ1v) is 10.6. The molecule has 0 spiro atoms. The predicted octanol–water partition coefficient (Wildman–Crippen LogP) is 2.74. The molecule has 1 fully saturated rings. The van der Waals surface area contributed by atoms with E-state index in [9.17, 15) is 31.1 Å². The number of anilines is 2. The lowest BCUT2D eigenvalue weighted by atomic mass is 10.2. The van der Waals surface area contributed by atoms with Gasteiger partial charge in [-0.15, -0.1) is 11.3 Å². The fourth-order valence-electron chi connectivity index (χ4n) is 2.99. The number of aromatic nitrogens is 4. The summed E-state index contributed by atoms with van der Waals surface area (Å²) in [5.74, 6) is -2.80. The Morgan fingerprint density at radius 3 is 2.37 bits per heavy atom. The number of amides is 1. The summed E-state index contributed by atoms with van der Waals surface area (Å²) in [6.07, 6.45) is -6.99. The van der Waals surface area contributed by atoms with Gasteiger partial charge in [-0.05, 0) is 0 Å². The van der Waals surface area contributed by atoms with Gasteiger partial charge in [0, 0.05) is 44.8 Å². The van der Waals surface area contributed by atoms with Gasteiger partial charge in [0.05, 0.1) is 17.4 Å². The first-order valence-electron chi connectivity index (χ1n) is 9.69. The van der Waals surface area contributed by atoms with Crippen LogP contribution < -0.4 is 15.5 Å². The highest BCUT2D eigenvalue weighted by molar-refractivity contribution is 7.17. The second-order valence-corrected chi connectivity index (χ2v) is 7.95. The highest BCUT2D eigenvalue weighted by Gasteiger charge is 2.38. The van der Waals surface area contributed by atoms with E-state index in [1.54, 1.807) is 11.6 Å². The van der Waals surface area contributed by atoms with Crippen LogP contribution in [0.5, 0.6) is 0 Å². The topological polar surface area (TPSA) is 125 Å². The molecule has 190 valence electrons. The van der Waals surface area contributed by atoms with Gasteiger partial charge in [0.15, 0.2) is 5.69 Å². The number of carbonyl (C=O) groups is 2. The van der Waals surface area contributed by atoms with Crippen molar-refractivity contribution in [2.24, 2.45) is 7.05 Å². The Labute approximate surface area is 196 Å². The van der Waals surface area contributed by atoms with Crippen LogP contribution in [0.3, 0.4) is 0 Å². The molecule has 0 atom stereocenters. The summed E-state index contributed by atoms with van der Waals surface area (Å²) in [5.41, 5.74) is -0.988. The van der Waals surface area contributed by atoms with E-state index >= 15 is 0 Å². The number of halogens is 6. The van der Waals surface area contributed by atoms with Crippen LogP contribution in [0.25, 0.3) is 10.3 Å². The van der Waals surface area contributed by atoms with E-state index in [4.69, 9.17) is 9.90 Å². The number of alkyl halides is 6. The van der Waals surface area contributed by atoms with Crippen LogP contribution >= 0.6 is 11.3 Å². The maximum atomic E-state index is 13.1. The lowest BCUT2D eigenvalue weighted by Crippen LogP contribution is -2.43. The summed E-state index contributed by atoms with van der Waals surface area (Å²) in [5, 5.41) is 17.6. The number of nitrogens with zero attached hydrogens (tertiary/aromatic N) is 5. The fourth-order valence-corrected chi connectivity index (χ4v) is 3.82. The van der Waals surface area contributed by atoms with Crippen molar-refractivity contribution < 1.29 is 41.0 Å². The smallest absolute Gasteiger partial charge is 0.475 e. The van der Waals surface area contributed by atoms with Gasteiger partial charge in [-0.3, -0.25) is 9.48 Å². The molecule has 0 aromatic carbocycles. The summed E-state index contributed by atoms with van der Waals surface area (Å²) in [4.78, 5) is 33.0. The molecule has 3 N–H and O–H groups in total. The van der Waals surface area contributed by atoms with Gasteiger partial charge in [-0.25, -0.2) is 14.8 Å². The largest absolute Gasteiger partial charge is 0.490 e. The number of aliphatic carboxylic acids is 1. The third kappa shape index (κ3) is 6.36. The molecule has 0 radical (unpaired) electrons. The molecule has 0 saturated carbocycles. The summed E-state index contributed by atoms with van der Waals surface area (Å²) in [7, 11) is 1.36. The zero-order valence-electron chi connectivity index (χ0n) is 17.7. The Kier molecular flexibility index (Phi) is 7.49. The number of carboxylic acid groups (broad SMARTS) is 1. The van der Waals surface area contributed by atoms with Crippen LogP contribution in [-0.4, -0.2) is 69.1 Å². The Balaban J connectivity index is 0.000000429. The van der Waals surface area contributed by atoms with Crippen molar-refractivity contribution in [3.63, 3.8) is 0 Å². The lowest BCUT2D eigenvalue weighted by molar-refractivity contribution is -0.192. The molecule has 0 unspecified atom stereocenters. The number of hydrogen-bond acceptors (Lipinski definition) is 8. The van der Waals surface area contributed by atoms with Crippen LogP contribution in [0.15, 0.2) is 17.8 Å². The number of hydrogen-bond donors (Lipinski definition) is 3. The minimum absolute atomic E-state index is 0.182. The minimum Gasteiger partial charge on any atom is -0.475 e. The highest BCUT2D eigenvalue weighted by Crippen LogP contribution is 2.34. The average molecular weight is 525 g/mol. The van der Waals surface area contributed by atoms with E-state index in [1.807, 2.05) is 4.90 Å². The van der Waals surface area contributed by atoms with Crippen molar-refractivity contribution in [1.82, 2.24) is 25.1 Å². The van der Waals surface area contributed by atoms with E-state index in [2.05, 4.69) is 25.7 Å². The highest BCUT2D eigenvalue weighted by atomic mass is 32.1. The van der Waals surface area contributed by atoms with E-state index in [0.717, 1.165) is 37.1 Å². The molecule has 3 aromatic heterocycles. The summed E-state index contributed by atoms with van der Waals surface area (Å²) in [6.45, 7) is 3.16. The molecule has 0 bridgehead atoms. The summed E-state index contributed by atoms with van der Waals surface area (Å²) in [6, 6.07) is 0. The predicted molar refractivity (Wildman–Crippen MR) is 112 cm³/mol. The Morgan fingerprint density at radius 1 is 1.17 bits per heavy atom. The molecule has 1 aliphatic heterocycles. The molecule has 17 heteroatoms. The van der Waals surface area contributed by atoms with Crippen LogP contribution in [0, 0.1) is 0 Å². The van der Waals surface area contributed by atoms with Crippen molar-refractivity contribution >= 4 is 45.1 Å². The van der Waals surface area contributed by atoms with Crippen molar-refractivity contribution in [1.29, 1.82) is 0 Å². The zero-order chi connectivity index (χ0) is 26.0. The normalized spacial score (nSPS) is 14.4. The molecule has 10 nitrogen and oxygen atoms in total. The van der Waals surface area contributed by atoms with Gasteiger partial charge in [-0.2, -0.15) is 31.4 Å². The van der Waals surface area contributed by atoms with E-state index in [-0.39, 0.29) is 5.56 Å². The molecular weight excluding hydrogens is 508 g/mol. The summed E-state index contributed by atoms with van der Waals surface area (Å²) >= 11 is 1.21. The van der Waals surface area contributed by atoms with Gasteiger partial charge in [0.2, 0.25) is 0 Å². The van der Waals surface area contributed by atoms with Gasteiger partial charge in [0.25, 0.3) is 5.91 Å². The monoisotopic (exact) mass is 525 g/mol. The Bertz CT molecular complexity index is 1220. The fraction of sp³-hybridized carbons (Fsp3) is 0.389. The van der Waals surface area contributed by atoms with Gasteiger partial charge >= 0.3 is 18.3 Å². The van der Waals surface area contributed by atoms with E-state index in [0.29, 0.717) is 16.2 Å². The number of aryl methyl sites for hydroxylation is 1. The standard InChI is InChI=1S/C16H16F3N7OS.C2HF3O2/c1-25-7-10(13(24-25)16(17,18)19)22-14(27)9-8-28-15-12(9)23-11(6-21-15)26-4-2-20-3-5-26;3-2(4,5)1(6)7/h6-8,20H,2-5H2,1H3,(H,22,27);(H,6,7). The first kappa shape index (κ1) is 26.1. The van der Waals surface area contributed by atoms with Crippen molar-refractivity contribution in [2.45, 2.75) is 12.4 Å². The average Bonchev–Trinajstić information content (AvgIpc) is 3.36. The molecule has 0 aliphatic carbocycles. The minimum atomic E-state index is -5.08. The molecule has 1 amide bonds. The second kappa shape index (κ2) is 10.0. The third-order valence-electron chi connectivity index (χ3n) is 4.54. The van der Waals surface area contributed by atoms with Crippen LogP contribution in [0.4, 0.5) is 37.8 Å². The number of rotatable bonds is 3. The molecule has 1 aliphatic rings. The van der Waals surface area contributed by atoms with Crippen molar-refractivity contribution in [2.75, 3.05) is 36.4 Å². The molecule has 4 heterocycles. The number of piperazine rings is 1. The van der Waals surface area contributed by atoms with E-state index in [1.165, 1.54) is 18.4 Å². The van der Waals surface area contributed by atoms with E-state index < -0.39 is 35.6 Å². The third-order valence-corrected chi connectivity index (χ3v) is 5.42. The van der Waals surface area contributed by atoms with Crippen LogP contribution in [0.1, 0.15) is 16.1 Å². The van der Waals surface area contributed by atoms with Crippen molar-refractivity contribution in [3.05, 3.63) is 29.0 Å². The first-order chi connectivity index (χ1) is 16.3. The number of fused-ring (bicyclic) bond motifs is 1. The molecule has 3 aromatic rings. The molecule has 35 heavy (non-hydrogen) atoms. The maximum Gasteiger partial charge on any atom is 0.490 e. The molecule has 4 rings (SSSR count). The Morgan fingerprint density at radius 2 is 1.80 bits per heavy atom. The van der Waals surface area contributed by atoms with Gasteiger partial charge in [0.1, 0.15) is 16.2 Å². The van der Waals surface area contributed by atoms with Gasteiger partial charge in [-0.1, -0.05) is 0 Å². The van der Waals surface area contributed by atoms with Crippen molar-refractivity contribution in [3.8, 4) is 0 Å². The number of carbonyl (C=O) groups excluding carboxylic acids is 1. The maximum absolute atomic E-state index is 13.1. The molecule has 1 saturated heterocycles. The molecular formula is C18H17F6N7O3S. The number of nitrogens with one attached hydrogen (secondary N) is 2. The number of thiophene rings is 1. The zero-order valence-corrected chi connectivity index (χ0v) is 18.6. The quantitative estimate of drug-likeness (QED) is 0.446. The van der Waals surface area contributed by atoms with Crippen LogP contribution in [0.2, 0.25) is 0 Å². The second-order valence-electron chi connectivity index (χ2n) is 7.09. The number of carboxylic acids is 1. The summed E-state index contributed by atoms with van der Waals surface area (Å²) < 4.78 is 72.1. The Hall–Kier alpha value is -3.47. The lowest BCUT2D eigenvalue weighted by Gasteiger charge is -2.28. The SMILES string of the molecule is Cn1cc(NC(=O)c2csc3ncc(N4CCNCC4)nc23)c(C(F)(F)F)n1.O=C(O)C(F)(F)F. The van der Waals surface area contributed by atoms with Crippen LogP contribution in [-0.2, 0) is 18.0 Å². The van der Waals surface area contributed by atoms with Gasteiger partial charge < -0.3 is 20.6 Å².